The van der Waals surface area contributed by atoms with Crippen molar-refractivity contribution in [3.05, 3.63) is 0 Å². The van der Waals surface area contributed by atoms with Gasteiger partial charge in [-0.15, -0.1) is 0 Å². The summed E-state index contributed by atoms with van der Waals surface area (Å²) in [6.07, 6.45) is 1.29. The van der Waals surface area contributed by atoms with Crippen LogP contribution in [0.2, 0.25) is 25.7 Å². The van der Waals surface area contributed by atoms with Gasteiger partial charge in [-0.2, -0.15) is 0 Å². The second-order valence-electron chi connectivity index (χ2n) is 6.10. The van der Waals surface area contributed by atoms with Crippen molar-refractivity contribution in [3.63, 3.8) is 0 Å². The Bertz CT molecular complexity index is 221. The third kappa shape index (κ3) is 6.44. The van der Waals surface area contributed by atoms with Gasteiger partial charge in [0.1, 0.15) is 0 Å². The van der Waals surface area contributed by atoms with Crippen LogP contribution in [0.3, 0.4) is 0 Å². The van der Waals surface area contributed by atoms with Crippen molar-refractivity contribution in [1.82, 2.24) is 19.5 Å². The predicted octanol–water partition coefficient (Wildman–Crippen LogP) is 1.52. The molecule has 110 valence electrons. The third-order valence-corrected chi connectivity index (χ3v) is 8.99. The van der Waals surface area contributed by atoms with Gasteiger partial charge in [-0.05, 0) is 40.2 Å². The maximum Gasteiger partial charge on any atom is 0.368 e. The Balaban J connectivity index is 4.32. The number of hydrogen-bond donors (Lipinski definition) is 3. The molecule has 0 heterocycles. The molecule has 0 amide bonds. The summed E-state index contributed by atoms with van der Waals surface area (Å²) < 4.78 is 2.41. The van der Waals surface area contributed by atoms with Crippen LogP contribution in [0, 0.1) is 0 Å². The zero-order chi connectivity index (χ0) is 14.2. The molecule has 6 heteroatoms. The van der Waals surface area contributed by atoms with Crippen molar-refractivity contribution in [2.45, 2.75) is 46.0 Å². The Labute approximate surface area is 116 Å². The molecule has 0 fully saturated rings. The Morgan fingerprint density at radius 2 is 1.67 bits per heavy atom. The van der Waals surface area contributed by atoms with Crippen LogP contribution in [-0.4, -0.2) is 55.1 Å². The lowest BCUT2D eigenvalue weighted by atomic mass is 10.5. The first kappa shape index (κ1) is 18.3. The van der Waals surface area contributed by atoms with Crippen LogP contribution in [0.15, 0.2) is 0 Å². The van der Waals surface area contributed by atoms with Crippen molar-refractivity contribution in [1.29, 1.82) is 0 Å². The van der Waals surface area contributed by atoms with Gasteiger partial charge >= 0.3 is 8.72 Å². The predicted molar refractivity (Wildman–Crippen MR) is 87.6 cm³/mol. The van der Waals surface area contributed by atoms with Crippen molar-refractivity contribution in [2.75, 3.05) is 33.7 Å². The van der Waals surface area contributed by atoms with Crippen LogP contribution in [0.5, 0.6) is 0 Å². The van der Waals surface area contributed by atoms with Gasteiger partial charge in [0.15, 0.2) is 0 Å². The van der Waals surface area contributed by atoms with Gasteiger partial charge in [0, 0.05) is 8.07 Å². The number of hydrogen-bond acceptors (Lipinski definition) is 4. The molecule has 3 N–H and O–H groups in total. The zero-order valence-electron chi connectivity index (χ0n) is 13.5. The molecule has 4 nitrogen and oxygen atoms in total. The molecule has 1 atom stereocenters. The number of nitrogens with zero attached hydrogens (tertiary/aromatic N) is 1. The molecule has 18 heavy (non-hydrogen) atoms. The van der Waals surface area contributed by atoms with Crippen LogP contribution in [-0.2, 0) is 0 Å². The van der Waals surface area contributed by atoms with Gasteiger partial charge in [0.05, 0.1) is 0 Å². The fraction of sp³-hybridized carbons (Fsp3) is 1.00. The summed E-state index contributed by atoms with van der Waals surface area (Å²) in [6, 6.07) is 1.40. The standard InChI is InChI=1S/C12H34N4Si2/c1-8-14-18(13-3,16(4)9-2)15-11-10-12-17(5,6)7/h13-15H,8-12H2,1-7H3. The minimum atomic E-state index is -1.87. The molecule has 0 saturated heterocycles. The van der Waals surface area contributed by atoms with Gasteiger partial charge in [-0.1, -0.05) is 39.5 Å². The summed E-state index contributed by atoms with van der Waals surface area (Å²) in [5, 5.41) is 0. The quantitative estimate of drug-likeness (QED) is 0.421. The maximum atomic E-state index is 3.77. The van der Waals surface area contributed by atoms with Gasteiger partial charge in [0.25, 0.3) is 0 Å². The average Bonchev–Trinajstić information content (AvgIpc) is 2.31. The summed E-state index contributed by atoms with van der Waals surface area (Å²) in [4.78, 5) is 10.9. The maximum absolute atomic E-state index is 3.77. The topological polar surface area (TPSA) is 39.3 Å². The largest absolute Gasteiger partial charge is 0.368 e. The van der Waals surface area contributed by atoms with Crippen LogP contribution in [0.1, 0.15) is 20.3 Å². The third-order valence-electron chi connectivity index (χ3n) is 3.33. The summed E-state index contributed by atoms with van der Waals surface area (Å²) in [5.74, 6) is 0. The first-order chi connectivity index (χ1) is 8.31. The summed E-state index contributed by atoms with van der Waals surface area (Å²) in [6.45, 7) is 14.9. The molecule has 0 aliphatic heterocycles. The smallest absolute Gasteiger partial charge is 0.303 e. The van der Waals surface area contributed by atoms with Crippen LogP contribution >= 0.6 is 0 Å². The molecule has 0 aliphatic carbocycles. The highest BCUT2D eigenvalue weighted by atomic mass is 28.4. The van der Waals surface area contributed by atoms with E-state index >= 15 is 0 Å². The van der Waals surface area contributed by atoms with Crippen LogP contribution < -0.4 is 14.9 Å². The van der Waals surface area contributed by atoms with Gasteiger partial charge in [-0.25, -0.2) is 0 Å². The monoisotopic (exact) mass is 290 g/mol. The van der Waals surface area contributed by atoms with E-state index in [1.165, 1.54) is 12.5 Å². The van der Waals surface area contributed by atoms with E-state index < -0.39 is 16.8 Å². The van der Waals surface area contributed by atoms with E-state index in [0.717, 1.165) is 19.6 Å². The molecular formula is C12H34N4Si2. The van der Waals surface area contributed by atoms with Crippen molar-refractivity contribution >= 4 is 16.8 Å². The van der Waals surface area contributed by atoms with E-state index in [1.807, 2.05) is 0 Å². The lowest BCUT2D eigenvalue weighted by Crippen LogP contribution is -2.80. The molecule has 0 saturated carbocycles. The summed E-state index contributed by atoms with van der Waals surface area (Å²) >= 11 is 0. The second-order valence-corrected chi connectivity index (χ2v) is 15.1. The molecule has 0 aromatic heterocycles. The highest BCUT2D eigenvalue weighted by molar-refractivity contribution is 6.76. The molecule has 0 rings (SSSR count). The van der Waals surface area contributed by atoms with E-state index in [2.05, 4.69) is 67.1 Å². The zero-order valence-corrected chi connectivity index (χ0v) is 15.5. The molecular weight excluding hydrogens is 256 g/mol. The molecule has 0 spiro atoms. The fourth-order valence-electron chi connectivity index (χ4n) is 2.08. The SMILES string of the molecule is CCN[Si](NC)(NCCC[Si](C)(C)C)N(C)CC. The first-order valence-electron chi connectivity index (χ1n) is 7.21. The molecule has 0 aromatic rings. The molecule has 0 aliphatic rings. The van der Waals surface area contributed by atoms with Gasteiger partial charge in [0.2, 0.25) is 0 Å². The number of nitrogens with one attached hydrogen (secondary N) is 3. The van der Waals surface area contributed by atoms with E-state index in [4.69, 9.17) is 0 Å². The minimum Gasteiger partial charge on any atom is -0.303 e. The highest BCUT2D eigenvalue weighted by Gasteiger charge is 2.36. The van der Waals surface area contributed by atoms with Crippen LogP contribution in [0.4, 0.5) is 0 Å². The van der Waals surface area contributed by atoms with Crippen molar-refractivity contribution in [3.8, 4) is 0 Å². The van der Waals surface area contributed by atoms with E-state index in [-0.39, 0.29) is 0 Å². The number of rotatable bonds is 10. The fourth-order valence-corrected chi connectivity index (χ4v) is 6.24. The lowest BCUT2D eigenvalue weighted by molar-refractivity contribution is 0.472. The Hall–Kier alpha value is 0.274. The van der Waals surface area contributed by atoms with E-state index in [9.17, 15) is 0 Å². The van der Waals surface area contributed by atoms with Gasteiger partial charge in [-0.3, -0.25) is 4.57 Å². The Morgan fingerprint density at radius 1 is 1.06 bits per heavy atom. The summed E-state index contributed by atoms with van der Waals surface area (Å²) in [7, 11) is 1.49. The molecule has 0 radical (unpaired) electrons. The Morgan fingerprint density at radius 3 is 2.06 bits per heavy atom. The molecule has 0 aromatic carbocycles. The highest BCUT2D eigenvalue weighted by Crippen LogP contribution is 2.10. The molecule has 1 unspecified atom stereocenters. The summed E-state index contributed by atoms with van der Waals surface area (Å²) in [5.41, 5.74) is 0. The van der Waals surface area contributed by atoms with E-state index in [1.54, 1.807) is 0 Å². The Kier molecular flexibility index (Phi) is 8.57. The first-order valence-corrected chi connectivity index (χ1v) is 12.9. The van der Waals surface area contributed by atoms with Crippen molar-refractivity contribution < 1.29 is 0 Å². The lowest BCUT2D eigenvalue weighted by Gasteiger charge is -2.39. The van der Waals surface area contributed by atoms with Crippen LogP contribution in [0.25, 0.3) is 0 Å². The second kappa shape index (κ2) is 8.45. The normalized spacial score (nSPS) is 16.0. The van der Waals surface area contributed by atoms with Crippen molar-refractivity contribution in [2.24, 2.45) is 0 Å². The van der Waals surface area contributed by atoms with Gasteiger partial charge < -0.3 is 14.9 Å². The molecule has 0 bridgehead atoms. The average molecular weight is 291 g/mol. The van der Waals surface area contributed by atoms with E-state index in [0.29, 0.717) is 0 Å². The minimum absolute atomic E-state index is 0.897.